The van der Waals surface area contributed by atoms with Gasteiger partial charge in [-0.15, -0.1) is 0 Å². The molecule has 7 heteroatoms. The molecule has 2 heterocycles. The summed E-state index contributed by atoms with van der Waals surface area (Å²) >= 11 is 0. The number of nitrogen functional groups attached to an aromatic ring is 1. The summed E-state index contributed by atoms with van der Waals surface area (Å²) in [7, 11) is 0. The highest BCUT2D eigenvalue weighted by atomic mass is 16.2. The molecule has 0 spiro atoms. The summed E-state index contributed by atoms with van der Waals surface area (Å²) in [6.07, 6.45) is 1.50. The molecule has 0 aliphatic carbocycles. The van der Waals surface area contributed by atoms with Crippen LogP contribution >= 0.6 is 0 Å². The average molecular weight is 446 g/mol. The van der Waals surface area contributed by atoms with E-state index < -0.39 is 12.1 Å². The van der Waals surface area contributed by atoms with E-state index in [9.17, 15) is 9.59 Å². The Kier molecular flexibility index (Phi) is 6.60. The minimum absolute atomic E-state index is 0.135. The first-order valence-electron chi connectivity index (χ1n) is 11.3. The maximum atomic E-state index is 12.9. The Morgan fingerprint density at radius 3 is 2.64 bits per heavy atom. The lowest BCUT2D eigenvalue weighted by Gasteiger charge is -2.28. The van der Waals surface area contributed by atoms with Crippen molar-refractivity contribution in [2.75, 3.05) is 12.3 Å². The number of nitrogens with two attached hydrogens (primary N) is 2. The molecule has 1 aliphatic heterocycles. The van der Waals surface area contributed by atoms with Crippen molar-refractivity contribution in [2.24, 2.45) is 11.7 Å². The second-order valence-electron chi connectivity index (χ2n) is 8.98. The molecule has 0 radical (unpaired) electrons. The molecule has 2 unspecified atom stereocenters. The fourth-order valence-electron chi connectivity index (χ4n) is 4.78. The molecule has 33 heavy (non-hydrogen) atoms. The second kappa shape index (κ2) is 9.58. The van der Waals surface area contributed by atoms with Crippen molar-refractivity contribution >= 4 is 28.4 Å². The maximum Gasteiger partial charge on any atom is 0.237 e. The summed E-state index contributed by atoms with van der Waals surface area (Å²) in [4.78, 5) is 31.3. The van der Waals surface area contributed by atoms with E-state index in [1.807, 2.05) is 36.9 Å². The summed E-state index contributed by atoms with van der Waals surface area (Å²) in [6.45, 7) is 4.70. The van der Waals surface area contributed by atoms with Crippen LogP contribution in [0.25, 0.3) is 10.8 Å². The Morgan fingerprint density at radius 1 is 1.15 bits per heavy atom. The third-order valence-electron chi connectivity index (χ3n) is 6.64. The number of hydrogen-bond donors (Lipinski definition) is 3. The van der Waals surface area contributed by atoms with Gasteiger partial charge in [-0.3, -0.25) is 14.5 Å². The van der Waals surface area contributed by atoms with Gasteiger partial charge in [-0.2, -0.15) is 0 Å². The molecule has 4 rings (SSSR count). The van der Waals surface area contributed by atoms with Crippen molar-refractivity contribution in [3.05, 3.63) is 71.4 Å². The van der Waals surface area contributed by atoms with E-state index in [0.717, 1.165) is 17.7 Å². The molecule has 172 valence electrons. The van der Waals surface area contributed by atoms with Crippen LogP contribution in [-0.2, 0) is 22.6 Å². The lowest BCUT2D eigenvalue weighted by atomic mass is 9.95. The molecule has 0 saturated carbocycles. The van der Waals surface area contributed by atoms with Gasteiger partial charge in [0.15, 0.2) is 0 Å². The number of carbonyl (C=O) groups excluding carboxylic acids is 2. The fraction of sp³-hybridized carbons (Fsp3) is 0.346. The quantitative estimate of drug-likeness (QED) is 0.517. The largest absolute Gasteiger partial charge is 0.384 e. The highest BCUT2D eigenvalue weighted by Crippen LogP contribution is 2.29. The fourth-order valence-corrected chi connectivity index (χ4v) is 4.78. The summed E-state index contributed by atoms with van der Waals surface area (Å²) in [6, 6.07) is 17.4. The summed E-state index contributed by atoms with van der Waals surface area (Å²) < 4.78 is 0. The van der Waals surface area contributed by atoms with E-state index in [1.54, 1.807) is 6.07 Å². The molecule has 7 nitrogen and oxygen atoms in total. The van der Waals surface area contributed by atoms with E-state index in [0.29, 0.717) is 25.3 Å². The van der Waals surface area contributed by atoms with E-state index in [2.05, 4.69) is 40.6 Å². The average Bonchev–Trinajstić information content (AvgIpc) is 3.22. The van der Waals surface area contributed by atoms with Crippen molar-refractivity contribution in [1.29, 1.82) is 0 Å². The number of fused-ring (bicyclic) bond motifs is 1. The first-order chi connectivity index (χ1) is 15.8. The number of aromatic nitrogens is 1. The van der Waals surface area contributed by atoms with Crippen LogP contribution in [-0.4, -0.2) is 40.3 Å². The van der Waals surface area contributed by atoms with Gasteiger partial charge in [0, 0.05) is 18.8 Å². The molecule has 1 aromatic heterocycles. The molecule has 1 fully saturated rings. The Labute approximate surface area is 194 Å². The van der Waals surface area contributed by atoms with Crippen molar-refractivity contribution in [3.63, 3.8) is 0 Å². The number of anilines is 1. The molecule has 3 aromatic rings. The zero-order valence-electron chi connectivity index (χ0n) is 19.1. The van der Waals surface area contributed by atoms with Crippen LogP contribution < -0.4 is 16.8 Å². The van der Waals surface area contributed by atoms with E-state index in [-0.39, 0.29) is 17.7 Å². The first kappa shape index (κ1) is 22.7. The van der Waals surface area contributed by atoms with Crippen LogP contribution in [0, 0.1) is 12.8 Å². The highest BCUT2D eigenvalue weighted by molar-refractivity contribution is 5.85. The minimum atomic E-state index is -0.467. The standard InChI is InChI=1S/C26H31N5O2/c1-16-22(9-10-24(27)30-16)14-29-26(33)17(2)31-15-19(13-23(31)25(28)32)11-18-7-8-20-5-3-4-6-21(20)12-18/h3-10,12,17,19,23H,11,13-15H2,1-2H3,(H2,27,30)(H2,28,32)(H,29,33)/t17-,19?,23?/m0/s1. The monoisotopic (exact) mass is 445 g/mol. The van der Waals surface area contributed by atoms with Gasteiger partial charge in [-0.25, -0.2) is 4.98 Å². The van der Waals surface area contributed by atoms with Crippen LogP contribution in [0.2, 0.25) is 0 Å². The molecule has 2 aromatic carbocycles. The Bertz CT molecular complexity index is 1180. The summed E-state index contributed by atoms with van der Waals surface area (Å²) in [5.41, 5.74) is 14.4. The minimum Gasteiger partial charge on any atom is -0.384 e. The number of pyridine rings is 1. The van der Waals surface area contributed by atoms with Gasteiger partial charge in [0.25, 0.3) is 0 Å². The Hall–Kier alpha value is -3.45. The highest BCUT2D eigenvalue weighted by Gasteiger charge is 2.40. The van der Waals surface area contributed by atoms with Gasteiger partial charge < -0.3 is 16.8 Å². The van der Waals surface area contributed by atoms with Crippen molar-refractivity contribution in [1.82, 2.24) is 15.2 Å². The molecule has 3 atom stereocenters. The molecule has 2 amide bonds. The maximum absolute atomic E-state index is 12.9. The number of primary amides is 1. The van der Waals surface area contributed by atoms with Gasteiger partial charge in [0.1, 0.15) is 5.82 Å². The number of benzene rings is 2. The van der Waals surface area contributed by atoms with E-state index in [4.69, 9.17) is 11.5 Å². The van der Waals surface area contributed by atoms with Crippen molar-refractivity contribution in [3.8, 4) is 0 Å². The first-order valence-corrected chi connectivity index (χ1v) is 11.3. The number of rotatable bonds is 7. The number of likely N-dealkylation sites (tertiary alicyclic amines) is 1. The summed E-state index contributed by atoms with van der Waals surface area (Å²) in [5.74, 6) is 0.190. The van der Waals surface area contributed by atoms with Gasteiger partial charge in [0.2, 0.25) is 11.8 Å². The molecule has 0 bridgehead atoms. The normalized spacial score (nSPS) is 19.5. The Morgan fingerprint density at radius 2 is 1.91 bits per heavy atom. The lowest BCUT2D eigenvalue weighted by molar-refractivity contribution is -0.129. The molecule has 5 N–H and O–H groups in total. The Balaban J connectivity index is 1.41. The van der Waals surface area contributed by atoms with Gasteiger partial charge in [-0.05, 0) is 60.6 Å². The topological polar surface area (TPSA) is 114 Å². The third kappa shape index (κ3) is 5.14. The number of aryl methyl sites for hydroxylation is 1. The predicted molar refractivity (Wildman–Crippen MR) is 130 cm³/mol. The van der Waals surface area contributed by atoms with Crippen LogP contribution in [0.1, 0.15) is 30.2 Å². The third-order valence-corrected chi connectivity index (χ3v) is 6.64. The number of amides is 2. The van der Waals surface area contributed by atoms with Crippen molar-refractivity contribution in [2.45, 2.75) is 45.3 Å². The number of nitrogens with zero attached hydrogens (tertiary/aromatic N) is 2. The molecule has 1 aliphatic rings. The van der Waals surface area contributed by atoms with Crippen LogP contribution in [0.4, 0.5) is 5.82 Å². The van der Waals surface area contributed by atoms with Crippen LogP contribution in [0.15, 0.2) is 54.6 Å². The molecular formula is C26H31N5O2. The van der Waals surface area contributed by atoms with E-state index >= 15 is 0 Å². The predicted octanol–water partition coefficient (Wildman–Crippen LogP) is 2.55. The second-order valence-corrected chi connectivity index (χ2v) is 8.98. The van der Waals surface area contributed by atoms with Crippen LogP contribution in [0.3, 0.4) is 0 Å². The van der Waals surface area contributed by atoms with Gasteiger partial charge in [-0.1, -0.05) is 48.5 Å². The number of hydrogen-bond acceptors (Lipinski definition) is 5. The van der Waals surface area contributed by atoms with E-state index in [1.165, 1.54) is 16.3 Å². The number of nitrogens with one attached hydrogen (secondary N) is 1. The van der Waals surface area contributed by atoms with Gasteiger partial charge >= 0.3 is 0 Å². The zero-order chi connectivity index (χ0) is 23.5. The zero-order valence-corrected chi connectivity index (χ0v) is 19.1. The molecular weight excluding hydrogens is 414 g/mol. The van der Waals surface area contributed by atoms with Crippen molar-refractivity contribution < 1.29 is 9.59 Å². The van der Waals surface area contributed by atoms with Crippen LogP contribution in [0.5, 0.6) is 0 Å². The smallest absolute Gasteiger partial charge is 0.237 e. The summed E-state index contributed by atoms with van der Waals surface area (Å²) in [5, 5.41) is 5.38. The lowest BCUT2D eigenvalue weighted by Crippen LogP contribution is -2.51. The number of carbonyl (C=O) groups is 2. The molecule has 1 saturated heterocycles. The van der Waals surface area contributed by atoms with Gasteiger partial charge in [0.05, 0.1) is 12.1 Å². The SMILES string of the molecule is Cc1nc(N)ccc1CNC(=O)[C@H](C)N1CC(Cc2ccc3ccccc3c2)CC1C(N)=O.